The van der Waals surface area contributed by atoms with Crippen molar-refractivity contribution < 1.29 is 29.6 Å². The van der Waals surface area contributed by atoms with Crippen molar-refractivity contribution in [3.8, 4) is 0 Å². The van der Waals surface area contributed by atoms with Crippen LogP contribution < -0.4 is 0 Å². The van der Waals surface area contributed by atoms with Gasteiger partial charge in [0, 0.05) is 11.1 Å². The van der Waals surface area contributed by atoms with E-state index in [1.165, 1.54) is 0 Å². The third-order valence-electron chi connectivity index (χ3n) is 3.79. The Hall–Kier alpha value is 1.53. The minimum atomic E-state index is -2.62. The Kier molecular flexibility index (Phi) is 13.7. The van der Waals surface area contributed by atoms with E-state index in [0.717, 1.165) is 0 Å². The van der Waals surface area contributed by atoms with E-state index in [9.17, 15) is 5.11 Å². The minimum absolute atomic E-state index is 0.130. The highest BCUT2D eigenvalue weighted by Gasteiger charge is 2.43. The SMILES string of the molecule is OCCOCC(O)(c1c(Cl)c(Cl)c(Cl)c(Cl)c1Cl)c1c(Cl)c(Cl)c(Cl)c(Cl)c1Cl.OP(O)O. The molecule has 0 unspecified atom stereocenters. The van der Waals surface area contributed by atoms with Gasteiger partial charge < -0.3 is 29.6 Å². The van der Waals surface area contributed by atoms with Crippen LogP contribution >= 0.6 is 125 Å². The largest absolute Gasteiger partial charge is 0.394 e. The molecule has 0 aliphatic carbocycles. The van der Waals surface area contributed by atoms with Gasteiger partial charge in [-0.05, 0) is 0 Å². The Morgan fingerprint density at radius 1 is 0.576 bits per heavy atom. The molecular weight excluding hydrogens is 674 g/mol. The highest BCUT2D eigenvalue weighted by Crippen LogP contribution is 2.54. The first-order valence-corrected chi connectivity index (χ1v) is 12.9. The Morgan fingerprint density at radius 3 is 1.06 bits per heavy atom. The van der Waals surface area contributed by atoms with Crippen LogP contribution in [-0.4, -0.2) is 44.7 Å². The van der Waals surface area contributed by atoms with Crippen LogP contribution in [0.15, 0.2) is 0 Å². The molecule has 0 bridgehead atoms. The van der Waals surface area contributed by atoms with Crippen LogP contribution in [0, 0.1) is 0 Å². The highest BCUT2D eigenvalue weighted by molar-refractivity contribution is 7.38. The monoisotopic (exact) mass is 680 g/mol. The first kappa shape index (κ1) is 32.6. The smallest absolute Gasteiger partial charge is 0.324 e. The summed E-state index contributed by atoms with van der Waals surface area (Å²) in [5.74, 6) is 0. The van der Waals surface area contributed by atoms with Crippen LogP contribution in [0.1, 0.15) is 11.1 Å². The molecule has 0 heterocycles. The molecule has 0 aliphatic rings. The fourth-order valence-electron chi connectivity index (χ4n) is 2.49. The van der Waals surface area contributed by atoms with E-state index in [1.54, 1.807) is 0 Å². The van der Waals surface area contributed by atoms with Gasteiger partial charge in [0.05, 0.1) is 70.0 Å². The van der Waals surface area contributed by atoms with Crippen LogP contribution in [0.4, 0.5) is 0 Å². The molecule has 0 spiro atoms. The summed E-state index contributed by atoms with van der Waals surface area (Å²) in [5, 5.41) is 18.8. The summed E-state index contributed by atoms with van der Waals surface area (Å²) in [7, 11) is -2.62. The molecule has 33 heavy (non-hydrogen) atoms. The van der Waals surface area contributed by atoms with Gasteiger partial charge in [-0.3, -0.25) is 0 Å². The molecule has 0 aliphatic heterocycles. The zero-order valence-electron chi connectivity index (χ0n) is 15.5. The third kappa shape index (κ3) is 7.31. The Labute approximate surface area is 239 Å². The van der Waals surface area contributed by atoms with E-state index < -0.39 is 20.8 Å². The first-order valence-electron chi connectivity index (χ1n) is 7.96. The average Bonchev–Trinajstić information content (AvgIpc) is 2.73. The molecule has 17 heteroatoms. The molecule has 0 aromatic heterocycles. The predicted molar refractivity (Wildman–Crippen MR) is 137 cm³/mol. The molecule has 0 saturated heterocycles. The van der Waals surface area contributed by atoms with Crippen LogP contribution in [0.2, 0.25) is 50.2 Å². The van der Waals surface area contributed by atoms with Crippen molar-refractivity contribution in [2.24, 2.45) is 0 Å². The molecular formula is C16H11Cl10O6P. The van der Waals surface area contributed by atoms with Gasteiger partial charge in [-0.25, -0.2) is 0 Å². The minimum Gasteiger partial charge on any atom is -0.394 e. The number of aliphatic hydroxyl groups is 2. The van der Waals surface area contributed by atoms with Crippen LogP contribution in [-0.2, 0) is 10.3 Å². The maximum Gasteiger partial charge on any atom is 0.324 e. The molecule has 0 fully saturated rings. The standard InChI is InChI=1S/C16H8Cl10O3.H3O3P/c17-6-4(7(18)11(22)14(25)10(6)21)16(28,3-29-2-1-27)5-8(19)12(23)15(26)13(24)9(5)20;1-4(2)3/h27-28H,1-3H2;1-3H. The number of benzene rings is 2. The van der Waals surface area contributed by atoms with Gasteiger partial charge in [-0.1, -0.05) is 116 Å². The molecule has 0 amide bonds. The predicted octanol–water partition coefficient (Wildman–Crippen LogP) is 7.66. The van der Waals surface area contributed by atoms with Gasteiger partial charge in [0.2, 0.25) is 0 Å². The number of ether oxygens (including phenoxy) is 1. The summed E-state index contributed by atoms with van der Waals surface area (Å²) in [4.78, 5) is 21.7. The van der Waals surface area contributed by atoms with Gasteiger partial charge in [-0.15, -0.1) is 0 Å². The molecule has 2 aromatic carbocycles. The molecule has 186 valence electrons. The van der Waals surface area contributed by atoms with Crippen LogP contribution in [0.5, 0.6) is 0 Å². The maximum absolute atomic E-state index is 11.7. The zero-order valence-corrected chi connectivity index (χ0v) is 23.9. The summed E-state index contributed by atoms with van der Waals surface area (Å²) >= 11 is 62.0. The maximum atomic E-state index is 11.7. The number of aliphatic hydroxyl groups excluding tert-OH is 1. The summed E-state index contributed by atoms with van der Waals surface area (Å²) < 4.78 is 5.32. The van der Waals surface area contributed by atoms with Crippen molar-refractivity contribution in [3.63, 3.8) is 0 Å². The van der Waals surface area contributed by atoms with Gasteiger partial charge in [0.15, 0.2) is 0 Å². The molecule has 2 rings (SSSR count). The topological polar surface area (TPSA) is 110 Å². The number of rotatable bonds is 6. The third-order valence-corrected chi connectivity index (χ3v) is 8.35. The second-order valence-corrected chi connectivity index (χ2v) is 10.1. The lowest BCUT2D eigenvalue weighted by Gasteiger charge is -2.33. The molecule has 0 saturated carbocycles. The quantitative estimate of drug-likeness (QED) is 0.0926. The number of hydrogen-bond donors (Lipinski definition) is 5. The highest BCUT2D eigenvalue weighted by atomic mass is 35.5. The van der Waals surface area contributed by atoms with Crippen molar-refractivity contribution in [3.05, 3.63) is 61.4 Å². The van der Waals surface area contributed by atoms with E-state index in [4.69, 9.17) is 141 Å². The number of halogens is 10. The van der Waals surface area contributed by atoms with E-state index in [1.807, 2.05) is 0 Å². The number of hydrogen-bond acceptors (Lipinski definition) is 6. The van der Waals surface area contributed by atoms with E-state index in [0.29, 0.717) is 0 Å². The summed E-state index contributed by atoms with van der Waals surface area (Å²) in [6.07, 6.45) is 0. The van der Waals surface area contributed by atoms with Gasteiger partial charge in [0.25, 0.3) is 0 Å². The zero-order chi connectivity index (χ0) is 25.8. The van der Waals surface area contributed by atoms with Crippen molar-refractivity contribution in [1.82, 2.24) is 0 Å². The Morgan fingerprint density at radius 2 is 0.818 bits per heavy atom. The van der Waals surface area contributed by atoms with Crippen LogP contribution in [0.25, 0.3) is 0 Å². The van der Waals surface area contributed by atoms with Crippen molar-refractivity contribution in [1.29, 1.82) is 0 Å². The molecule has 6 nitrogen and oxygen atoms in total. The fourth-order valence-corrected chi connectivity index (χ4v) is 5.39. The van der Waals surface area contributed by atoms with Gasteiger partial charge >= 0.3 is 8.60 Å². The normalized spacial score (nSPS) is 11.6. The summed E-state index contributed by atoms with van der Waals surface area (Å²) in [5.41, 5.74) is -2.69. The second kappa shape index (κ2) is 13.9. The van der Waals surface area contributed by atoms with E-state index in [-0.39, 0.29) is 74.6 Å². The molecule has 5 N–H and O–H groups in total. The fraction of sp³-hybridized carbons (Fsp3) is 0.250. The lowest BCUT2D eigenvalue weighted by atomic mass is 9.86. The van der Waals surface area contributed by atoms with Gasteiger partial charge in [-0.2, -0.15) is 0 Å². The first-order chi connectivity index (χ1) is 15.1. The van der Waals surface area contributed by atoms with Crippen molar-refractivity contribution in [2.45, 2.75) is 5.60 Å². The molecule has 2 aromatic rings. The van der Waals surface area contributed by atoms with Crippen molar-refractivity contribution >= 4 is 125 Å². The van der Waals surface area contributed by atoms with E-state index in [2.05, 4.69) is 0 Å². The summed E-state index contributed by atoms with van der Waals surface area (Å²) in [6.45, 7) is -1.05. The Bertz CT molecular complexity index is 892. The lowest BCUT2D eigenvalue weighted by molar-refractivity contribution is -0.0301. The Balaban J connectivity index is 0.00000125. The lowest BCUT2D eigenvalue weighted by Crippen LogP contribution is -2.35. The average molecular weight is 685 g/mol. The summed E-state index contributed by atoms with van der Waals surface area (Å²) in [6, 6.07) is 0. The van der Waals surface area contributed by atoms with E-state index >= 15 is 0 Å². The van der Waals surface area contributed by atoms with Gasteiger partial charge in [0.1, 0.15) is 5.60 Å². The van der Waals surface area contributed by atoms with Crippen molar-refractivity contribution in [2.75, 3.05) is 19.8 Å². The molecule has 0 radical (unpaired) electrons. The second-order valence-electron chi connectivity index (χ2n) is 5.79. The molecule has 0 atom stereocenters. The van der Waals surface area contributed by atoms with Crippen LogP contribution in [0.3, 0.4) is 0 Å².